The van der Waals surface area contributed by atoms with Crippen molar-refractivity contribution in [2.24, 2.45) is 0 Å². The molecule has 1 amide bonds. The van der Waals surface area contributed by atoms with Crippen LogP contribution in [0.1, 0.15) is 23.3 Å². The minimum Gasteiger partial charge on any atom is -0.376 e. The molecule has 1 atom stereocenters. The number of hydrogen-bond donors (Lipinski definition) is 1. The van der Waals surface area contributed by atoms with Crippen LogP contribution in [0, 0.1) is 0 Å². The summed E-state index contributed by atoms with van der Waals surface area (Å²) < 4.78 is 7.03. The summed E-state index contributed by atoms with van der Waals surface area (Å²) in [5, 5.41) is 6.99. The fraction of sp³-hybridized carbons (Fsp3) is 0.417. The Morgan fingerprint density at radius 3 is 3.33 bits per heavy atom. The summed E-state index contributed by atoms with van der Waals surface area (Å²) in [6.07, 6.45) is 5.65. The first-order chi connectivity index (χ1) is 8.83. The van der Waals surface area contributed by atoms with Crippen molar-refractivity contribution in [1.82, 2.24) is 19.9 Å². The van der Waals surface area contributed by atoms with Crippen LogP contribution in [0.25, 0.3) is 5.65 Å². The molecule has 0 aliphatic carbocycles. The zero-order chi connectivity index (χ0) is 12.4. The summed E-state index contributed by atoms with van der Waals surface area (Å²) in [5.74, 6) is -0.184. The van der Waals surface area contributed by atoms with Crippen LogP contribution >= 0.6 is 0 Å². The number of fused-ring (bicyclic) bond motifs is 1. The van der Waals surface area contributed by atoms with E-state index in [0.29, 0.717) is 17.9 Å². The quantitative estimate of drug-likeness (QED) is 0.862. The second-order valence-electron chi connectivity index (χ2n) is 4.30. The van der Waals surface area contributed by atoms with Gasteiger partial charge in [0.05, 0.1) is 6.10 Å². The number of amides is 1. The van der Waals surface area contributed by atoms with Gasteiger partial charge in [0.15, 0.2) is 11.3 Å². The van der Waals surface area contributed by atoms with E-state index in [2.05, 4.69) is 15.4 Å². The van der Waals surface area contributed by atoms with Gasteiger partial charge in [0.25, 0.3) is 5.91 Å². The number of carbonyl (C=O) groups is 1. The minimum atomic E-state index is -0.184. The van der Waals surface area contributed by atoms with E-state index in [1.165, 1.54) is 0 Å². The molecule has 1 aliphatic rings. The van der Waals surface area contributed by atoms with E-state index in [1.807, 2.05) is 0 Å². The van der Waals surface area contributed by atoms with Crippen molar-refractivity contribution in [2.75, 3.05) is 13.2 Å². The van der Waals surface area contributed by atoms with E-state index in [-0.39, 0.29) is 12.0 Å². The summed E-state index contributed by atoms with van der Waals surface area (Å²) in [6, 6.07) is 3.44. The van der Waals surface area contributed by atoms with Crippen molar-refractivity contribution in [2.45, 2.75) is 18.9 Å². The second kappa shape index (κ2) is 4.73. The third-order valence-corrected chi connectivity index (χ3v) is 2.98. The van der Waals surface area contributed by atoms with Gasteiger partial charge >= 0.3 is 0 Å². The molecule has 0 unspecified atom stereocenters. The van der Waals surface area contributed by atoms with Gasteiger partial charge in [0.1, 0.15) is 0 Å². The summed E-state index contributed by atoms with van der Waals surface area (Å²) in [4.78, 5) is 16.0. The molecule has 1 N–H and O–H groups in total. The third kappa shape index (κ3) is 2.19. The Morgan fingerprint density at radius 2 is 2.56 bits per heavy atom. The van der Waals surface area contributed by atoms with Crippen LogP contribution in [0.15, 0.2) is 24.5 Å². The van der Waals surface area contributed by atoms with Gasteiger partial charge in [-0.25, -0.2) is 9.50 Å². The number of nitrogens with one attached hydrogen (secondary N) is 1. The molecule has 1 aliphatic heterocycles. The SMILES string of the molecule is O=C(NC[C@@H]1CCCO1)c1cc2ncccn2n1. The zero-order valence-corrected chi connectivity index (χ0v) is 9.87. The molecule has 3 rings (SSSR count). The lowest BCUT2D eigenvalue weighted by atomic mass is 10.2. The molecule has 6 nitrogen and oxygen atoms in total. The van der Waals surface area contributed by atoms with Gasteiger partial charge in [-0.1, -0.05) is 0 Å². The molecule has 0 saturated carbocycles. The maximum absolute atomic E-state index is 11.9. The largest absolute Gasteiger partial charge is 0.376 e. The van der Waals surface area contributed by atoms with Crippen LogP contribution < -0.4 is 5.32 Å². The third-order valence-electron chi connectivity index (χ3n) is 2.98. The predicted molar refractivity (Wildman–Crippen MR) is 64.3 cm³/mol. The Bertz CT molecular complexity index is 527. The molecule has 0 radical (unpaired) electrons. The number of carbonyl (C=O) groups excluding carboxylic acids is 1. The van der Waals surface area contributed by atoms with Gasteiger partial charge in [-0.2, -0.15) is 5.10 Å². The van der Waals surface area contributed by atoms with Crippen LogP contribution in [-0.4, -0.2) is 39.8 Å². The molecule has 3 heterocycles. The highest BCUT2D eigenvalue weighted by Gasteiger charge is 2.17. The summed E-state index contributed by atoms with van der Waals surface area (Å²) >= 11 is 0. The molecule has 94 valence electrons. The van der Waals surface area contributed by atoms with E-state index in [1.54, 1.807) is 29.0 Å². The number of nitrogens with zero attached hydrogens (tertiary/aromatic N) is 3. The molecule has 1 saturated heterocycles. The van der Waals surface area contributed by atoms with Crippen LogP contribution in [-0.2, 0) is 4.74 Å². The Hall–Kier alpha value is -1.95. The zero-order valence-electron chi connectivity index (χ0n) is 9.87. The number of ether oxygens (including phenoxy) is 1. The first kappa shape index (κ1) is 11.2. The van der Waals surface area contributed by atoms with Crippen molar-refractivity contribution in [3.05, 3.63) is 30.2 Å². The second-order valence-corrected chi connectivity index (χ2v) is 4.30. The van der Waals surface area contributed by atoms with Crippen molar-refractivity contribution in [3.63, 3.8) is 0 Å². The predicted octanol–water partition coefficient (Wildman–Crippen LogP) is 0.638. The Labute approximate surface area is 104 Å². The van der Waals surface area contributed by atoms with Gasteiger partial charge in [-0.05, 0) is 18.9 Å². The molecule has 18 heavy (non-hydrogen) atoms. The summed E-state index contributed by atoms with van der Waals surface area (Å²) in [5.41, 5.74) is 1.05. The number of rotatable bonds is 3. The first-order valence-electron chi connectivity index (χ1n) is 6.03. The lowest BCUT2D eigenvalue weighted by Gasteiger charge is -2.09. The molecule has 0 aromatic carbocycles. The summed E-state index contributed by atoms with van der Waals surface area (Å²) in [6.45, 7) is 1.33. The molecule has 0 bridgehead atoms. The van der Waals surface area contributed by atoms with Crippen molar-refractivity contribution in [3.8, 4) is 0 Å². The van der Waals surface area contributed by atoms with Crippen molar-refractivity contribution < 1.29 is 9.53 Å². The van der Waals surface area contributed by atoms with Crippen LogP contribution in [0.5, 0.6) is 0 Å². The van der Waals surface area contributed by atoms with Gasteiger partial charge in [-0.3, -0.25) is 4.79 Å². The highest BCUT2D eigenvalue weighted by molar-refractivity contribution is 5.93. The highest BCUT2D eigenvalue weighted by atomic mass is 16.5. The first-order valence-corrected chi connectivity index (χ1v) is 6.03. The van der Waals surface area contributed by atoms with E-state index < -0.39 is 0 Å². The monoisotopic (exact) mass is 246 g/mol. The average Bonchev–Trinajstić information content (AvgIpc) is 3.04. The maximum Gasteiger partial charge on any atom is 0.271 e. The number of aromatic nitrogens is 3. The Kier molecular flexibility index (Phi) is 2.93. The fourth-order valence-corrected chi connectivity index (χ4v) is 2.04. The normalized spacial score (nSPS) is 19.2. The van der Waals surface area contributed by atoms with Crippen molar-refractivity contribution in [1.29, 1.82) is 0 Å². The standard InChI is InChI=1S/C12H14N4O2/c17-12(14-8-9-3-1-6-18-9)10-7-11-13-4-2-5-16(11)15-10/h2,4-5,7,9H,1,3,6,8H2,(H,14,17)/t9-/m0/s1. The molecule has 0 spiro atoms. The lowest BCUT2D eigenvalue weighted by Crippen LogP contribution is -2.32. The van der Waals surface area contributed by atoms with Gasteiger partial charge < -0.3 is 10.1 Å². The fourth-order valence-electron chi connectivity index (χ4n) is 2.04. The van der Waals surface area contributed by atoms with Crippen LogP contribution in [0.4, 0.5) is 0 Å². The van der Waals surface area contributed by atoms with Gasteiger partial charge in [0.2, 0.25) is 0 Å². The van der Waals surface area contributed by atoms with E-state index in [0.717, 1.165) is 19.4 Å². The molecular formula is C12H14N4O2. The highest BCUT2D eigenvalue weighted by Crippen LogP contribution is 2.11. The number of hydrogen-bond acceptors (Lipinski definition) is 4. The van der Waals surface area contributed by atoms with E-state index in [9.17, 15) is 4.79 Å². The topological polar surface area (TPSA) is 68.5 Å². The van der Waals surface area contributed by atoms with Gasteiger partial charge in [-0.15, -0.1) is 0 Å². The summed E-state index contributed by atoms with van der Waals surface area (Å²) in [7, 11) is 0. The van der Waals surface area contributed by atoms with E-state index >= 15 is 0 Å². The van der Waals surface area contributed by atoms with Crippen LogP contribution in [0.3, 0.4) is 0 Å². The lowest BCUT2D eigenvalue weighted by molar-refractivity contribution is 0.0853. The maximum atomic E-state index is 11.9. The van der Waals surface area contributed by atoms with Gasteiger partial charge in [0, 0.05) is 31.6 Å². The molecule has 1 fully saturated rings. The van der Waals surface area contributed by atoms with Crippen molar-refractivity contribution >= 4 is 11.6 Å². The Balaban J connectivity index is 1.67. The molecular weight excluding hydrogens is 232 g/mol. The molecule has 2 aromatic heterocycles. The minimum absolute atomic E-state index is 0.143. The van der Waals surface area contributed by atoms with E-state index in [4.69, 9.17) is 4.74 Å². The molecule has 2 aromatic rings. The Morgan fingerprint density at radius 1 is 1.61 bits per heavy atom. The smallest absolute Gasteiger partial charge is 0.271 e. The molecule has 6 heteroatoms. The van der Waals surface area contributed by atoms with Crippen LogP contribution in [0.2, 0.25) is 0 Å². The average molecular weight is 246 g/mol.